The molecule has 4 heteroatoms. The normalized spacial score (nSPS) is 10.5. The van der Waals surface area contributed by atoms with E-state index >= 15 is 0 Å². The van der Waals surface area contributed by atoms with Crippen LogP contribution in [0.2, 0.25) is 0 Å². The average molecular weight is 290 g/mol. The number of fused-ring (bicyclic) bond motifs is 1. The van der Waals surface area contributed by atoms with Crippen LogP contribution in [0.25, 0.3) is 10.8 Å². The number of carboxylic acids is 1. The molecule has 0 unspecified atom stereocenters. The van der Waals surface area contributed by atoms with Gasteiger partial charge in [-0.1, -0.05) is 54.7 Å². The lowest BCUT2D eigenvalue weighted by Gasteiger charge is -2.07. The van der Waals surface area contributed by atoms with Crippen LogP contribution in [0.3, 0.4) is 0 Å². The Morgan fingerprint density at radius 3 is 2.68 bits per heavy atom. The van der Waals surface area contributed by atoms with E-state index in [1.165, 1.54) is 5.39 Å². The Morgan fingerprint density at radius 2 is 1.89 bits per heavy atom. The predicted molar refractivity (Wildman–Crippen MR) is 85.0 cm³/mol. The van der Waals surface area contributed by atoms with Gasteiger partial charge in [0.2, 0.25) is 0 Å². The summed E-state index contributed by atoms with van der Waals surface area (Å²) in [7, 11) is 0. The lowest BCUT2D eigenvalue weighted by atomic mass is 10.1. The van der Waals surface area contributed by atoms with Crippen molar-refractivity contribution >= 4 is 44.9 Å². The summed E-state index contributed by atoms with van der Waals surface area (Å²) in [6, 6.07) is 14.2. The molecule has 0 aliphatic carbocycles. The highest BCUT2D eigenvalue weighted by molar-refractivity contribution is 8.23. The van der Waals surface area contributed by atoms with Crippen LogP contribution in [0.4, 0.5) is 0 Å². The van der Waals surface area contributed by atoms with Crippen LogP contribution < -0.4 is 0 Å². The third-order valence-corrected chi connectivity index (χ3v) is 4.33. The highest BCUT2D eigenvalue weighted by Gasteiger charge is 2.07. The molecule has 1 N–H and O–H groups in total. The van der Waals surface area contributed by atoms with E-state index in [1.54, 1.807) is 11.8 Å². The molecule has 0 aliphatic rings. The summed E-state index contributed by atoms with van der Waals surface area (Å²) in [4.78, 5) is 10.4. The summed E-state index contributed by atoms with van der Waals surface area (Å²) >= 11 is 7.00. The maximum Gasteiger partial charge on any atom is 0.303 e. The number of carboxylic acid groups (broad SMARTS) is 1. The van der Waals surface area contributed by atoms with Gasteiger partial charge in [0, 0.05) is 12.0 Å². The molecule has 0 aliphatic heterocycles. The Bertz CT molecular complexity index is 603. The van der Waals surface area contributed by atoms with Crippen LogP contribution in [0.1, 0.15) is 18.4 Å². The molecule has 0 saturated heterocycles. The van der Waals surface area contributed by atoms with Gasteiger partial charge in [0.1, 0.15) is 0 Å². The third kappa shape index (κ3) is 3.78. The number of carbonyl (C=O) groups is 1. The molecule has 0 saturated carbocycles. The van der Waals surface area contributed by atoms with E-state index in [0.29, 0.717) is 6.42 Å². The highest BCUT2D eigenvalue weighted by Crippen LogP contribution is 2.24. The molecular formula is C15H14O2S2. The first-order valence-electron chi connectivity index (χ1n) is 6.05. The molecule has 2 rings (SSSR count). The van der Waals surface area contributed by atoms with Crippen LogP contribution in [-0.4, -0.2) is 21.0 Å². The summed E-state index contributed by atoms with van der Waals surface area (Å²) in [6.07, 6.45) is 0.843. The maximum absolute atomic E-state index is 10.4. The first-order valence-corrected chi connectivity index (χ1v) is 7.44. The summed E-state index contributed by atoms with van der Waals surface area (Å²) in [6.45, 7) is 0. The summed E-state index contributed by atoms with van der Waals surface area (Å²) < 4.78 is 0.835. The largest absolute Gasteiger partial charge is 0.481 e. The predicted octanol–water partition coefficient (Wildman–Crippen LogP) is 4.11. The SMILES string of the molecule is O=C(O)CCCSC(=S)c1cccc2ccccc12. The minimum Gasteiger partial charge on any atom is -0.481 e. The number of hydrogen-bond donors (Lipinski definition) is 1. The van der Waals surface area contributed by atoms with E-state index in [-0.39, 0.29) is 6.42 Å². The van der Waals surface area contributed by atoms with E-state index < -0.39 is 5.97 Å². The van der Waals surface area contributed by atoms with Gasteiger partial charge in [-0.25, -0.2) is 0 Å². The second-order valence-electron chi connectivity index (χ2n) is 4.16. The standard InChI is InChI=1S/C15H14O2S2/c16-14(17)9-4-10-19-15(18)13-8-3-6-11-5-1-2-7-12(11)13/h1-3,5-8H,4,9-10H2,(H,16,17). The molecule has 19 heavy (non-hydrogen) atoms. The minimum absolute atomic E-state index is 0.200. The summed E-state index contributed by atoms with van der Waals surface area (Å²) in [5.74, 6) is -0.00868. The van der Waals surface area contributed by atoms with Crippen molar-refractivity contribution in [2.45, 2.75) is 12.8 Å². The van der Waals surface area contributed by atoms with Crippen LogP contribution in [-0.2, 0) is 4.79 Å². The molecule has 0 bridgehead atoms. The van der Waals surface area contributed by atoms with Crippen molar-refractivity contribution in [1.29, 1.82) is 0 Å². The fourth-order valence-electron chi connectivity index (χ4n) is 1.87. The number of benzene rings is 2. The number of thioether (sulfide) groups is 1. The van der Waals surface area contributed by atoms with Crippen LogP contribution in [0.15, 0.2) is 42.5 Å². The van der Waals surface area contributed by atoms with Gasteiger partial charge in [-0.3, -0.25) is 4.79 Å². The fraction of sp³-hybridized carbons (Fsp3) is 0.200. The Balaban J connectivity index is 2.07. The maximum atomic E-state index is 10.4. The zero-order chi connectivity index (χ0) is 13.7. The van der Waals surface area contributed by atoms with Gasteiger partial charge in [0.15, 0.2) is 0 Å². The molecule has 0 aromatic heterocycles. The zero-order valence-corrected chi connectivity index (χ0v) is 12.0. The number of thiocarbonyl (C=S) groups is 1. The minimum atomic E-state index is -0.753. The second-order valence-corrected chi connectivity index (χ2v) is 5.93. The van der Waals surface area contributed by atoms with Crippen molar-refractivity contribution < 1.29 is 9.90 Å². The molecule has 0 spiro atoms. The van der Waals surface area contributed by atoms with Crippen molar-refractivity contribution in [3.05, 3.63) is 48.0 Å². The van der Waals surface area contributed by atoms with E-state index in [9.17, 15) is 4.79 Å². The van der Waals surface area contributed by atoms with Gasteiger partial charge >= 0.3 is 5.97 Å². The first kappa shape index (κ1) is 14.0. The van der Waals surface area contributed by atoms with Gasteiger partial charge in [-0.2, -0.15) is 0 Å². The molecule has 2 nitrogen and oxygen atoms in total. The molecule has 2 aromatic rings. The second kappa shape index (κ2) is 6.68. The highest BCUT2D eigenvalue weighted by atomic mass is 32.2. The Morgan fingerprint density at radius 1 is 1.16 bits per heavy atom. The summed E-state index contributed by atoms with van der Waals surface area (Å²) in [5, 5.41) is 10.9. The number of aliphatic carboxylic acids is 1. The smallest absolute Gasteiger partial charge is 0.303 e. The van der Waals surface area contributed by atoms with E-state index in [1.807, 2.05) is 24.3 Å². The van der Waals surface area contributed by atoms with E-state index in [2.05, 4.69) is 18.2 Å². The van der Waals surface area contributed by atoms with E-state index in [0.717, 1.165) is 20.9 Å². The molecule has 2 aromatic carbocycles. The van der Waals surface area contributed by atoms with Crippen LogP contribution >= 0.6 is 24.0 Å². The van der Waals surface area contributed by atoms with E-state index in [4.69, 9.17) is 17.3 Å². The van der Waals surface area contributed by atoms with Crippen molar-refractivity contribution in [2.75, 3.05) is 5.75 Å². The lowest BCUT2D eigenvalue weighted by molar-refractivity contribution is -0.137. The van der Waals surface area contributed by atoms with Crippen molar-refractivity contribution in [3.8, 4) is 0 Å². The quantitative estimate of drug-likeness (QED) is 0.664. The first-order chi connectivity index (χ1) is 9.18. The van der Waals surface area contributed by atoms with Gasteiger partial charge < -0.3 is 5.11 Å². The topological polar surface area (TPSA) is 37.3 Å². The molecular weight excluding hydrogens is 276 g/mol. The molecule has 0 atom stereocenters. The zero-order valence-electron chi connectivity index (χ0n) is 10.3. The van der Waals surface area contributed by atoms with Gasteiger partial charge in [0.05, 0.1) is 4.20 Å². The molecule has 0 radical (unpaired) electrons. The van der Waals surface area contributed by atoms with Crippen molar-refractivity contribution in [3.63, 3.8) is 0 Å². The lowest BCUT2D eigenvalue weighted by Crippen LogP contribution is -1.98. The Labute approximate surface area is 121 Å². The van der Waals surface area contributed by atoms with Gasteiger partial charge in [-0.05, 0) is 22.9 Å². The molecule has 0 amide bonds. The number of rotatable bonds is 5. The molecule has 0 fully saturated rings. The fourth-order valence-corrected chi connectivity index (χ4v) is 3.10. The van der Waals surface area contributed by atoms with Gasteiger partial charge in [-0.15, -0.1) is 11.8 Å². The summed E-state index contributed by atoms with van der Waals surface area (Å²) in [5.41, 5.74) is 1.06. The monoisotopic (exact) mass is 290 g/mol. The van der Waals surface area contributed by atoms with Crippen molar-refractivity contribution in [2.24, 2.45) is 0 Å². The third-order valence-electron chi connectivity index (χ3n) is 2.78. The van der Waals surface area contributed by atoms with Crippen LogP contribution in [0.5, 0.6) is 0 Å². The van der Waals surface area contributed by atoms with Crippen molar-refractivity contribution in [1.82, 2.24) is 0 Å². The molecule has 0 heterocycles. The average Bonchev–Trinajstić information content (AvgIpc) is 2.42. The Kier molecular flexibility index (Phi) is 4.93. The number of hydrogen-bond acceptors (Lipinski definition) is 3. The Hall–Kier alpha value is -1.39. The van der Waals surface area contributed by atoms with Gasteiger partial charge in [0.25, 0.3) is 0 Å². The van der Waals surface area contributed by atoms with Crippen LogP contribution in [0, 0.1) is 0 Å². The molecule has 98 valence electrons.